The lowest BCUT2D eigenvalue weighted by Crippen LogP contribution is -2.23. The van der Waals surface area contributed by atoms with Crippen LogP contribution < -0.4 is 14.2 Å². The summed E-state index contributed by atoms with van der Waals surface area (Å²) in [6.45, 7) is 2.61. The molecule has 0 aliphatic rings. The van der Waals surface area contributed by atoms with E-state index in [0.29, 0.717) is 12.4 Å². The number of hydrogen-bond acceptors (Lipinski definition) is 4. The largest absolute Gasteiger partial charge is 0.497 e. The first kappa shape index (κ1) is 18.3. The van der Waals surface area contributed by atoms with E-state index < -0.39 is 10.0 Å². The van der Waals surface area contributed by atoms with E-state index in [1.54, 1.807) is 31.4 Å². The Kier molecular flexibility index (Phi) is 5.20. The van der Waals surface area contributed by atoms with Gasteiger partial charge in [-0.1, -0.05) is 0 Å². The number of methoxy groups -OCH3 is 1. The highest BCUT2D eigenvalue weighted by atomic mass is 32.2. The van der Waals surface area contributed by atoms with Crippen LogP contribution in [0.25, 0.3) is 10.9 Å². The van der Waals surface area contributed by atoms with E-state index in [2.05, 4.69) is 4.72 Å². The number of nitrogens with zero attached hydrogens (tertiary/aromatic N) is 1. The molecule has 0 atom stereocenters. The number of benzene rings is 2. The van der Waals surface area contributed by atoms with Crippen LogP contribution in [-0.4, -0.2) is 26.7 Å². The van der Waals surface area contributed by atoms with Crippen LogP contribution in [0.4, 0.5) is 0 Å². The Morgan fingerprint density at radius 1 is 1.08 bits per heavy atom. The molecule has 0 amide bonds. The Labute approximate surface area is 153 Å². The minimum absolute atomic E-state index is 0.194. The van der Waals surface area contributed by atoms with Crippen molar-refractivity contribution in [3.8, 4) is 11.5 Å². The van der Waals surface area contributed by atoms with Crippen LogP contribution in [0.5, 0.6) is 11.5 Å². The van der Waals surface area contributed by atoms with Crippen LogP contribution in [0.1, 0.15) is 12.5 Å². The lowest BCUT2D eigenvalue weighted by Gasteiger charge is -2.08. The lowest BCUT2D eigenvalue weighted by molar-refractivity contribution is 0.340. The second-order valence-corrected chi connectivity index (χ2v) is 7.64. The third-order valence-electron chi connectivity index (χ3n) is 4.18. The number of nitrogens with one attached hydrogen (secondary N) is 1. The second-order valence-electron chi connectivity index (χ2n) is 5.88. The van der Waals surface area contributed by atoms with Gasteiger partial charge in [0, 0.05) is 30.7 Å². The highest BCUT2D eigenvalue weighted by Crippen LogP contribution is 2.26. The van der Waals surface area contributed by atoms with Gasteiger partial charge in [0.1, 0.15) is 11.5 Å². The summed E-state index contributed by atoms with van der Waals surface area (Å²) in [5, 5.41) is 0.959. The summed E-state index contributed by atoms with van der Waals surface area (Å²) in [7, 11) is -0.0720. The Bertz CT molecular complexity index is 1010. The summed E-state index contributed by atoms with van der Waals surface area (Å²) < 4.78 is 40.4. The molecule has 26 heavy (non-hydrogen) atoms. The maximum atomic E-state index is 12.6. The molecule has 2 aromatic carbocycles. The quantitative estimate of drug-likeness (QED) is 0.690. The first-order chi connectivity index (χ1) is 12.4. The summed E-state index contributed by atoms with van der Waals surface area (Å²) in [6.07, 6.45) is 1.92. The van der Waals surface area contributed by atoms with E-state index in [9.17, 15) is 8.42 Å². The molecule has 138 valence electrons. The molecular weight excluding hydrogens is 352 g/mol. The van der Waals surface area contributed by atoms with Crippen molar-refractivity contribution in [2.24, 2.45) is 7.05 Å². The Morgan fingerprint density at radius 2 is 1.77 bits per heavy atom. The summed E-state index contributed by atoms with van der Waals surface area (Å²) in [4.78, 5) is 0.207. The number of fused-ring (bicyclic) bond motifs is 1. The van der Waals surface area contributed by atoms with Crippen molar-refractivity contribution in [1.29, 1.82) is 0 Å². The zero-order valence-electron chi connectivity index (χ0n) is 15.0. The molecule has 0 spiro atoms. The zero-order valence-corrected chi connectivity index (χ0v) is 15.8. The molecule has 0 fully saturated rings. The summed E-state index contributed by atoms with van der Waals surface area (Å²) in [6, 6.07) is 12.1. The van der Waals surface area contributed by atoms with Gasteiger partial charge in [-0.2, -0.15) is 0 Å². The van der Waals surface area contributed by atoms with Crippen LogP contribution in [0.3, 0.4) is 0 Å². The smallest absolute Gasteiger partial charge is 0.240 e. The van der Waals surface area contributed by atoms with Gasteiger partial charge in [0.2, 0.25) is 10.0 Å². The van der Waals surface area contributed by atoms with Crippen LogP contribution in [0.15, 0.2) is 53.6 Å². The molecule has 7 heteroatoms. The first-order valence-corrected chi connectivity index (χ1v) is 9.77. The molecule has 3 aromatic rings. The lowest BCUT2D eigenvalue weighted by atomic mass is 10.1. The minimum Gasteiger partial charge on any atom is -0.497 e. The molecule has 3 rings (SSSR count). The van der Waals surface area contributed by atoms with Crippen LogP contribution in [0, 0.1) is 0 Å². The number of sulfonamides is 1. The van der Waals surface area contributed by atoms with Gasteiger partial charge in [-0.3, -0.25) is 0 Å². The number of rotatable bonds is 7. The van der Waals surface area contributed by atoms with Crippen molar-refractivity contribution in [1.82, 2.24) is 9.29 Å². The van der Waals surface area contributed by atoms with Gasteiger partial charge in [-0.25, -0.2) is 13.1 Å². The highest BCUT2D eigenvalue weighted by Gasteiger charge is 2.16. The third kappa shape index (κ3) is 3.68. The monoisotopic (exact) mass is 374 g/mol. The predicted molar refractivity (Wildman–Crippen MR) is 101 cm³/mol. The normalized spacial score (nSPS) is 11.7. The van der Waals surface area contributed by atoms with Crippen LogP contribution in [-0.2, 0) is 23.6 Å². The molecule has 0 saturated carbocycles. The fraction of sp³-hybridized carbons (Fsp3) is 0.263. The molecule has 1 aromatic heterocycles. The van der Waals surface area contributed by atoms with Crippen molar-refractivity contribution < 1.29 is 17.9 Å². The van der Waals surface area contributed by atoms with Gasteiger partial charge in [0.05, 0.1) is 18.6 Å². The Balaban J connectivity index is 1.82. The minimum atomic E-state index is -3.61. The van der Waals surface area contributed by atoms with E-state index in [4.69, 9.17) is 9.47 Å². The van der Waals surface area contributed by atoms with E-state index in [-0.39, 0.29) is 11.4 Å². The third-order valence-corrected chi connectivity index (χ3v) is 5.59. The Morgan fingerprint density at radius 3 is 2.42 bits per heavy atom. The molecular formula is C19H22N2O4S. The predicted octanol–water partition coefficient (Wildman–Crippen LogP) is 3.06. The Hall–Kier alpha value is -2.51. The van der Waals surface area contributed by atoms with Gasteiger partial charge in [0.25, 0.3) is 0 Å². The fourth-order valence-electron chi connectivity index (χ4n) is 2.86. The van der Waals surface area contributed by atoms with Crippen molar-refractivity contribution in [3.05, 3.63) is 54.2 Å². The van der Waals surface area contributed by atoms with Crippen molar-refractivity contribution in [3.63, 3.8) is 0 Å². The maximum Gasteiger partial charge on any atom is 0.240 e. The molecule has 1 heterocycles. The maximum absolute atomic E-state index is 12.6. The van der Waals surface area contributed by atoms with E-state index >= 15 is 0 Å². The summed E-state index contributed by atoms with van der Waals surface area (Å²) in [5.74, 6) is 1.38. The number of aryl methyl sites for hydroxylation is 1. The molecule has 0 radical (unpaired) electrons. The van der Waals surface area contributed by atoms with Crippen molar-refractivity contribution in [2.75, 3.05) is 13.7 Å². The van der Waals surface area contributed by atoms with Gasteiger partial charge >= 0.3 is 0 Å². The van der Waals surface area contributed by atoms with Crippen molar-refractivity contribution >= 4 is 20.9 Å². The van der Waals surface area contributed by atoms with Crippen LogP contribution >= 0.6 is 0 Å². The van der Waals surface area contributed by atoms with Crippen LogP contribution in [0.2, 0.25) is 0 Å². The number of hydrogen-bond donors (Lipinski definition) is 1. The number of aromatic nitrogens is 1. The highest BCUT2D eigenvalue weighted by molar-refractivity contribution is 7.89. The molecule has 1 N–H and O–H groups in total. The zero-order chi connectivity index (χ0) is 18.7. The molecule has 0 aliphatic heterocycles. The average molecular weight is 374 g/mol. The molecule has 0 aliphatic carbocycles. The van der Waals surface area contributed by atoms with E-state index in [0.717, 1.165) is 22.2 Å². The molecule has 0 saturated heterocycles. The topological polar surface area (TPSA) is 69.6 Å². The van der Waals surface area contributed by atoms with E-state index in [1.807, 2.05) is 42.9 Å². The van der Waals surface area contributed by atoms with Gasteiger partial charge in [-0.15, -0.1) is 0 Å². The summed E-state index contributed by atoms with van der Waals surface area (Å²) >= 11 is 0. The molecule has 0 unspecified atom stereocenters. The van der Waals surface area contributed by atoms with Gasteiger partial charge in [-0.05, 0) is 55.0 Å². The average Bonchev–Trinajstić information content (AvgIpc) is 2.96. The molecule has 0 bridgehead atoms. The SMILES string of the molecule is CCOc1ccc(S(=O)(=O)NCc2cn(C)c3ccc(OC)cc23)cc1. The second kappa shape index (κ2) is 7.39. The first-order valence-electron chi connectivity index (χ1n) is 8.29. The van der Waals surface area contributed by atoms with E-state index in [1.165, 1.54) is 0 Å². The molecule has 6 nitrogen and oxygen atoms in total. The fourth-order valence-corrected chi connectivity index (χ4v) is 3.86. The van der Waals surface area contributed by atoms with Gasteiger partial charge < -0.3 is 14.0 Å². The van der Waals surface area contributed by atoms with Gasteiger partial charge in [0.15, 0.2) is 0 Å². The summed E-state index contributed by atoms with van der Waals surface area (Å²) in [5.41, 5.74) is 1.90. The van der Waals surface area contributed by atoms with Crippen molar-refractivity contribution in [2.45, 2.75) is 18.4 Å². The number of ether oxygens (including phenoxy) is 2. The standard InChI is InChI=1S/C19H22N2O4S/c1-4-25-15-5-8-17(9-6-15)26(22,23)20-12-14-13-21(2)19-10-7-16(24-3)11-18(14)19/h5-11,13,20H,4,12H2,1-3H3.